The van der Waals surface area contributed by atoms with Crippen molar-refractivity contribution < 1.29 is 9.47 Å². The predicted molar refractivity (Wildman–Crippen MR) is 56.3 cm³/mol. The Labute approximate surface area is 88.1 Å². The van der Waals surface area contributed by atoms with Gasteiger partial charge in [0.15, 0.2) is 5.90 Å². The van der Waals surface area contributed by atoms with Crippen LogP contribution in [0.4, 0.5) is 0 Å². The van der Waals surface area contributed by atoms with Crippen LogP contribution >= 0.6 is 11.6 Å². The van der Waals surface area contributed by atoms with Crippen molar-refractivity contribution in [2.45, 2.75) is 6.42 Å². The van der Waals surface area contributed by atoms with Crippen LogP contribution < -0.4 is 4.74 Å². The van der Waals surface area contributed by atoms with Crippen molar-refractivity contribution in [1.29, 1.82) is 5.41 Å². The summed E-state index contributed by atoms with van der Waals surface area (Å²) >= 11 is 5.77. The molecular weight excluding hydrogens is 202 g/mol. The number of rotatable bonds is 4. The van der Waals surface area contributed by atoms with Crippen molar-refractivity contribution in [1.82, 2.24) is 0 Å². The maximum Gasteiger partial charge on any atom is 0.183 e. The van der Waals surface area contributed by atoms with E-state index in [1.807, 2.05) is 12.1 Å². The van der Waals surface area contributed by atoms with E-state index in [0.29, 0.717) is 23.8 Å². The zero-order valence-corrected chi connectivity index (χ0v) is 8.67. The molecular formula is C10H12ClNO2. The van der Waals surface area contributed by atoms with Gasteiger partial charge in [-0.2, -0.15) is 0 Å². The molecule has 0 bridgehead atoms. The Morgan fingerprint density at radius 2 is 2.29 bits per heavy atom. The maximum absolute atomic E-state index is 7.22. The highest BCUT2D eigenvalue weighted by atomic mass is 35.5. The molecule has 1 rings (SSSR count). The molecule has 0 saturated carbocycles. The Morgan fingerprint density at radius 3 is 2.93 bits per heavy atom. The summed E-state index contributed by atoms with van der Waals surface area (Å²) in [5, 5.41) is 7.86. The topological polar surface area (TPSA) is 42.3 Å². The van der Waals surface area contributed by atoms with Crippen molar-refractivity contribution in [3.05, 3.63) is 29.3 Å². The highest BCUT2D eigenvalue weighted by Gasteiger charge is 1.97. The highest BCUT2D eigenvalue weighted by molar-refractivity contribution is 6.30. The minimum Gasteiger partial charge on any atom is -0.493 e. The zero-order chi connectivity index (χ0) is 10.4. The van der Waals surface area contributed by atoms with Crippen LogP contribution in [0.1, 0.15) is 6.42 Å². The second-order valence-corrected chi connectivity index (χ2v) is 3.12. The quantitative estimate of drug-likeness (QED) is 0.617. The first-order valence-corrected chi connectivity index (χ1v) is 4.60. The molecule has 0 unspecified atom stereocenters. The largest absolute Gasteiger partial charge is 0.493 e. The van der Waals surface area contributed by atoms with Crippen molar-refractivity contribution >= 4 is 17.5 Å². The van der Waals surface area contributed by atoms with Crippen LogP contribution in [-0.4, -0.2) is 19.6 Å². The Morgan fingerprint density at radius 1 is 1.50 bits per heavy atom. The van der Waals surface area contributed by atoms with Gasteiger partial charge in [0.2, 0.25) is 0 Å². The third-order valence-corrected chi connectivity index (χ3v) is 1.88. The first-order valence-electron chi connectivity index (χ1n) is 4.22. The maximum atomic E-state index is 7.22. The van der Waals surface area contributed by atoms with E-state index in [2.05, 4.69) is 4.74 Å². The third-order valence-electron chi connectivity index (χ3n) is 1.64. The molecule has 0 atom stereocenters. The normalized spacial score (nSPS) is 9.57. The lowest BCUT2D eigenvalue weighted by Crippen LogP contribution is -2.06. The second-order valence-electron chi connectivity index (χ2n) is 2.68. The number of nitrogens with one attached hydrogen (secondary N) is 1. The van der Waals surface area contributed by atoms with Crippen molar-refractivity contribution in [2.24, 2.45) is 0 Å². The summed E-state index contributed by atoms with van der Waals surface area (Å²) in [6.45, 7) is 0.424. The molecule has 0 saturated heterocycles. The van der Waals surface area contributed by atoms with E-state index in [4.69, 9.17) is 21.7 Å². The molecule has 0 spiro atoms. The zero-order valence-electron chi connectivity index (χ0n) is 7.92. The van der Waals surface area contributed by atoms with Gasteiger partial charge in [0.25, 0.3) is 0 Å². The lowest BCUT2D eigenvalue weighted by atomic mass is 10.3. The number of methoxy groups -OCH3 is 1. The van der Waals surface area contributed by atoms with Gasteiger partial charge >= 0.3 is 0 Å². The molecule has 3 nitrogen and oxygen atoms in total. The monoisotopic (exact) mass is 213 g/mol. The average molecular weight is 214 g/mol. The van der Waals surface area contributed by atoms with Crippen LogP contribution in [-0.2, 0) is 4.74 Å². The Hall–Kier alpha value is -1.22. The van der Waals surface area contributed by atoms with Gasteiger partial charge in [-0.3, -0.25) is 5.41 Å². The summed E-state index contributed by atoms with van der Waals surface area (Å²) in [7, 11) is 1.47. The summed E-state index contributed by atoms with van der Waals surface area (Å²) in [6.07, 6.45) is 0.461. The summed E-state index contributed by atoms with van der Waals surface area (Å²) in [5.41, 5.74) is 0. The van der Waals surface area contributed by atoms with Crippen LogP contribution in [0.2, 0.25) is 5.02 Å². The SMILES string of the molecule is COC(=N)CCOc1cccc(Cl)c1. The molecule has 0 radical (unpaired) electrons. The Kier molecular flexibility index (Phi) is 4.26. The molecule has 4 heteroatoms. The minimum absolute atomic E-state index is 0.215. The molecule has 14 heavy (non-hydrogen) atoms. The van der Waals surface area contributed by atoms with Gasteiger partial charge in [0, 0.05) is 5.02 Å². The predicted octanol–water partition coefficient (Wildman–Crippen LogP) is 2.73. The molecule has 0 aliphatic carbocycles. The summed E-state index contributed by atoms with van der Waals surface area (Å²) < 4.78 is 10.0. The average Bonchev–Trinajstić information content (AvgIpc) is 2.17. The fraction of sp³-hybridized carbons (Fsp3) is 0.300. The van der Waals surface area contributed by atoms with E-state index in [1.165, 1.54) is 7.11 Å². The standard InChI is InChI=1S/C10H12ClNO2/c1-13-10(12)5-6-14-9-4-2-3-8(11)7-9/h2-4,7,12H,5-6H2,1H3. The summed E-state index contributed by atoms with van der Waals surface area (Å²) in [4.78, 5) is 0. The van der Waals surface area contributed by atoms with Gasteiger partial charge in [-0.05, 0) is 18.2 Å². The van der Waals surface area contributed by atoms with Gasteiger partial charge < -0.3 is 9.47 Å². The molecule has 1 aromatic rings. The van der Waals surface area contributed by atoms with Crippen LogP contribution in [0, 0.1) is 5.41 Å². The van der Waals surface area contributed by atoms with E-state index in [0.717, 1.165) is 0 Å². The smallest absolute Gasteiger partial charge is 0.183 e. The van der Waals surface area contributed by atoms with Crippen molar-refractivity contribution in [2.75, 3.05) is 13.7 Å². The van der Waals surface area contributed by atoms with Crippen LogP contribution in [0.15, 0.2) is 24.3 Å². The number of halogens is 1. The number of hydrogen-bond donors (Lipinski definition) is 1. The molecule has 0 aromatic heterocycles. The number of benzene rings is 1. The second kappa shape index (κ2) is 5.50. The summed E-state index contributed by atoms with van der Waals surface area (Å²) in [5.74, 6) is 0.924. The van der Waals surface area contributed by atoms with Crippen LogP contribution in [0.3, 0.4) is 0 Å². The Bertz CT molecular complexity index is 315. The molecule has 0 amide bonds. The molecule has 0 aliphatic rings. The van der Waals surface area contributed by atoms with Crippen LogP contribution in [0.5, 0.6) is 5.75 Å². The lowest BCUT2D eigenvalue weighted by molar-refractivity contribution is 0.307. The third kappa shape index (κ3) is 3.66. The Balaban J connectivity index is 2.35. The molecule has 0 heterocycles. The van der Waals surface area contributed by atoms with E-state index < -0.39 is 0 Å². The van der Waals surface area contributed by atoms with Crippen molar-refractivity contribution in [3.63, 3.8) is 0 Å². The van der Waals surface area contributed by atoms with Crippen LogP contribution in [0.25, 0.3) is 0 Å². The van der Waals surface area contributed by atoms with E-state index in [1.54, 1.807) is 12.1 Å². The first-order chi connectivity index (χ1) is 6.72. The molecule has 1 aromatic carbocycles. The molecule has 0 aliphatic heterocycles. The van der Waals surface area contributed by atoms with Gasteiger partial charge in [0.1, 0.15) is 5.75 Å². The molecule has 76 valence electrons. The fourth-order valence-corrected chi connectivity index (χ4v) is 1.10. The lowest BCUT2D eigenvalue weighted by Gasteiger charge is -2.06. The van der Waals surface area contributed by atoms with E-state index in [-0.39, 0.29) is 5.90 Å². The number of ether oxygens (including phenoxy) is 2. The number of hydrogen-bond acceptors (Lipinski definition) is 3. The first kappa shape index (κ1) is 10.9. The molecule has 0 fully saturated rings. The van der Waals surface area contributed by atoms with E-state index in [9.17, 15) is 0 Å². The van der Waals surface area contributed by atoms with Gasteiger partial charge in [-0.25, -0.2) is 0 Å². The highest BCUT2D eigenvalue weighted by Crippen LogP contribution is 2.17. The van der Waals surface area contributed by atoms with Gasteiger partial charge in [-0.1, -0.05) is 17.7 Å². The molecule has 1 N–H and O–H groups in total. The fourth-order valence-electron chi connectivity index (χ4n) is 0.920. The minimum atomic E-state index is 0.215. The van der Waals surface area contributed by atoms with Crippen molar-refractivity contribution in [3.8, 4) is 5.75 Å². The van der Waals surface area contributed by atoms with Gasteiger partial charge in [-0.15, -0.1) is 0 Å². The van der Waals surface area contributed by atoms with E-state index >= 15 is 0 Å². The summed E-state index contributed by atoms with van der Waals surface area (Å²) in [6, 6.07) is 7.16. The van der Waals surface area contributed by atoms with Gasteiger partial charge in [0.05, 0.1) is 20.1 Å².